The molecule has 0 atom stereocenters. The molecule has 4 aromatic rings. The highest BCUT2D eigenvalue weighted by Crippen LogP contribution is 2.33. The van der Waals surface area contributed by atoms with Crippen LogP contribution in [0.15, 0.2) is 59.3 Å². The minimum atomic E-state index is 0.0807. The van der Waals surface area contributed by atoms with Crippen molar-refractivity contribution in [1.29, 1.82) is 0 Å². The zero-order chi connectivity index (χ0) is 23.1. The molecule has 2 aliphatic heterocycles. The Kier molecular flexibility index (Phi) is 5.43. The van der Waals surface area contributed by atoms with Gasteiger partial charge in [0.25, 0.3) is 5.91 Å². The van der Waals surface area contributed by atoms with E-state index in [1.165, 1.54) is 5.56 Å². The topological polar surface area (TPSA) is 54.9 Å². The smallest absolute Gasteiger partial charge is 0.254 e. The molecular weight excluding hydrogens is 446 g/mol. The molecule has 7 heteroatoms. The summed E-state index contributed by atoms with van der Waals surface area (Å²) in [5.74, 6) is 1.70. The Morgan fingerprint density at radius 2 is 1.85 bits per heavy atom. The number of aryl methyl sites for hydroxylation is 1. The van der Waals surface area contributed by atoms with Crippen LogP contribution in [0.3, 0.4) is 0 Å². The fourth-order valence-electron chi connectivity index (χ4n) is 4.65. The SMILES string of the molecule is Cc1ccc2nc(-c3ccsc3)cc(C(=O)N3CCN(Cc4ccc5c(c4)OCO5)CC3)c2c1. The van der Waals surface area contributed by atoms with Crippen molar-refractivity contribution in [3.8, 4) is 22.8 Å². The Bertz CT molecular complexity index is 1360. The summed E-state index contributed by atoms with van der Waals surface area (Å²) in [5, 5.41) is 5.04. The lowest BCUT2D eigenvalue weighted by Gasteiger charge is -2.35. The van der Waals surface area contributed by atoms with E-state index in [-0.39, 0.29) is 12.7 Å². The predicted octanol–water partition coefficient (Wildman–Crippen LogP) is 4.96. The van der Waals surface area contributed by atoms with E-state index in [4.69, 9.17) is 14.5 Å². The maximum atomic E-state index is 13.7. The molecule has 2 aromatic carbocycles. The van der Waals surface area contributed by atoms with Crippen LogP contribution in [0, 0.1) is 6.92 Å². The lowest BCUT2D eigenvalue weighted by molar-refractivity contribution is 0.0630. The molecule has 6 nitrogen and oxygen atoms in total. The van der Waals surface area contributed by atoms with Gasteiger partial charge in [0.05, 0.1) is 16.8 Å². The van der Waals surface area contributed by atoms with E-state index in [1.54, 1.807) is 11.3 Å². The molecular formula is C27H25N3O3S. The van der Waals surface area contributed by atoms with Crippen LogP contribution in [-0.4, -0.2) is 53.7 Å². The van der Waals surface area contributed by atoms with E-state index < -0.39 is 0 Å². The van der Waals surface area contributed by atoms with Gasteiger partial charge in [-0.15, -0.1) is 0 Å². The maximum Gasteiger partial charge on any atom is 0.254 e. The van der Waals surface area contributed by atoms with Gasteiger partial charge < -0.3 is 14.4 Å². The number of rotatable bonds is 4. The van der Waals surface area contributed by atoms with Gasteiger partial charge in [0.15, 0.2) is 11.5 Å². The normalized spacial score (nSPS) is 15.7. The largest absolute Gasteiger partial charge is 0.454 e. The van der Waals surface area contributed by atoms with Gasteiger partial charge in [-0.3, -0.25) is 9.69 Å². The van der Waals surface area contributed by atoms with Crippen LogP contribution in [0.5, 0.6) is 11.5 Å². The molecule has 0 unspecified atom stereocenters. The highest BCUT2D eigenvalue weighted by Gasteiger charge is 2.25. The van der Waals surface area contributed by atoms with Crippen LogP contribution in [0.4, 0.5) is 0 Å². The monoisotopic (exact) mass is 471 g/mol. The predicted molar refractivity (Wildman–Crippen MR) is 134 cm³/mol. The summed E-state index contributed by atoms with van der Waals surface area (Å²) in [4.78, 5) is 22.9. The van der Waals surface area contributed by atoms with Gasteiger partial charge >= 0.3 is 0 Å². The van der Waals surface area contributed by atoms with Crippen molar-refractivity contribution in [2.45, 2.75) is 13.5 Å². The van der Waals surface area contributed by atoms with Gasteiger partial charge in [-0.2, -0.15) is 11.3 Å². The third-order valence-corrected chi connectivity index (χ3v) is 7.20. The molecule has 0 radical (unpaired) electrons. The van der Waals surface area contributed by atoms with E-state index in [0.29, 0.717) is 13.1 Å². The maximum absolute atomic E-state index is 13.7. The lowest BCUT2D eigenvalue weighted by Crippen LogP contribution is -2.48. The first-order valence-electron chi connectivity index (χ1n) is 11.5. The molecule has 0 N–H and O–H groups in total. The number of ether oxygens (including phenoxy) is 2. The van der Waals surface area contributed by atoms with E-state index in [0.717, 1.165) is 64.4 Å². The standard InChI is InChI=1S/C27H25N3O3S/c1-18-2-4-23-21(12-18)22(14-24(28-23)20-6-11-34-16-20)27(31)30-9-7-29(8-10-30)15-19-3-5-25-26(13-19)33-17-32-25/h2-6,11-14,16H,7-10,15,17H2,1H3. The highest BCUT2D eigenvalue weighted by molar-refractivity contribution is 7.08. The third kappa shape index (κ3) is 4.02. The summed E-state index contributed by atoms with van der Waals surface area (Å²) >= 11 is 1.64. The molecule has 0 saturated carbocycles. The van der Waals surface area contributed by atoms with Gasteiger partial charge in [0, 0.05) is 49.1 Å². The number of amides is 1. The van der Waals surface area contributed by atoms with E-state index in [9.17, 15) is 4.79 Å². The summed E-state index contributed by atoms with van der Waals surface area (Å²) in [6.45, 7) is 6.24. The number of fused-ring (bicyclic) bond motifs is 2. The van der Waals surface area contributed by atoms with Gasteiger partial charge in [0.2, 0.25) is 6.79 Å². The Balaban J connectivity index is 1.21. The Labute approximate surface area is 202 Å². The van der Waals surface area contributed by atoms with Crippen LogP contribution < -0.4 is 9.47 Å². The fraction of sp³-hybridized carbons (Fsp3) is 0.259. The zero-order valence-corrected chi connectivity index (χ0v) is 19.8. The molecule has 2 aromatic heterocycles. The first kappa shape index (κ1) is 21.1. The van der Waals surface area contributed by atoms with E-state index >= 15 is 0 Å². The van der Waals surface area contributed by atoms with Crippen LogP contribution in [0.25, 0.3) is 22.2 Å². The molecule has 34 heavy (non-hydrogen) atoms. The highest BCUT2D eigenvalue weighted by atomic mass is 32.1. The van der Waals surface area contributed by atoms with Crippen molar-refractivity contribution in [3.63, 3.8) is 0 Å². The Morgan fingerprint density at radius 1 is 1.00 bits per heavy atom. The number of thiophene rings is 1. The van der Waals surface area contributed by atoms with E-state index in [2.05, 4.69) is 47.5 Å². The number of carbonyl (C=O) groups is 1. The molecule has 1 amide bonds. The molecule has 1 fully saturated rings. The summed E-state index contributed by atoms with van der Waals surface area (Å²) in [5.41, 5.74) is 5.82. The quantitative estimate of drug-likeness (QED) is 0.421. The number of pyridine rings is 1. The lowest BCUT2D eigenvalue weighted by atomic mass is 10.0. The minimum absolute atomic E-state index is 0.0807. The number of aromatic nitrogens is 1. The summed E-state index contributed by atoms with van der Waals surface area (Å²) < 4.78 is 10.9. The third-order valence-electron chi connectivity index (χ3n) is 6.51. The van der Waals surface area contributed by atoms with E-state index in [1.807, 2.05) is 28.5 Å². The van der Waals surface area contributed by atoms with Gasteiger partial charge in [-0.25, -0.2) is 4.98 Å². The number of piperazine rings is 1. The fourth-order valence-corrected chi connectivity index (χ4v) is 5.30. The first-order valence-corrected chi connectivity index (χ1v) is 12.4. The number of carbonyl (C=O) groups excluding carboxylic acids is 1. The molecule has 6 rings (SSSR count). The van der Waals surface area contributed by atoms with Crippen LogP contribution in [-0.2, 0) is 6.54 Å². The molecule has 0 bridgehead atoms. The van der Waals surface area contributed by atoms with Crippen molar-refractivity contribution in [2.24, 2.45) is 0 Å². The number of nitrogens with zero attached hydrogens (tertiary/aromatic N) is 3. The van der Waals surface area contributed by atoms with Crippen molar-refractivity contribution < 1.29 is 14.3 Å². The second-order valence-electron chi connectivity index (χ2n) is 8.84. The molecule has 2 aliphatic rings. The van der Waals surface area contributed by atoms with Crippen molar-refractivity contribution in [1.82, 2.24) is 14.8 Å². The zero-order valence-electron chi connectivity index (χ0n) is 19.0. The summed E-state index contributed by atoms with van der Waals surface area (Å²) in [6.07, 6.45) is 0. The second kappa shape index (κ2) is 8.74. The van der Waals surface area contributed by atoms with Crippen molar-refractivity contribution in [2.75, 3.05) is 33.0 Å². The van der Waals surface area contributed by atoms with Crippen molar-refractivity contribution in [3.05, 3.63) is 76.0 Å². The van der Waals surface area contributed by atoms with Crippen LogP contribution in [0.1, 0.15) is 21.5 Å². The molecule has 4 heterocycles. The number of hydrogen-bond acceptors (Lipinski definition) is 6. The molecule has 0 spiro atoms. The summed E-state index contributed by atoms with van der Waals surface area (Å²) in [7, 11) is 0. The van der Waals surface area contributed by atoms with Gasteiger partial charge in [-0.1, -0.05) is 17.7 Å². The average Bonchev–Trinajstić information content (AvgIpc) is 3.56. The van der Waals surface area contributed by atoms with Crippen LogP contribution >= 0.6 is 11.3 Å². The first-order chi connectivity index (χ1) is 16.6. The second-order valence-corrected chi connectivity index (χ2v) is 9.62. The van der Waals surface area contributed by atoms with Crippen LogP contribution in [0.2, 0.25) is 0 Å². The Hall–Kier alpha value is -3.42. The molecule has 0 aliphatic carbocycles. The van der Waals surface area contributed by atoms with Gasteiger partial charge in [0.1, 0.15) is 0 Å². The summed E-state index contributed by atoms with van der Waals surface area (Å²) in [6, 6.07) is 16.3. The average molecular weight is 472 g/mol. The molecule has 172 valence electrons. The van der Waals surface area contributed by atoms with Crippen molar-refractivity contribution >= 4 is 28.1 Å². The minimum Gasteiger partial charge on any atom is -0.454 e. The molecule has 1 saturated heterocycles. The number of benzene rings is 2. The van der Waals surface area contributed by atoms with Gasteiger partial charge in [-0.05, 0) is 54.3 Å². The Morgan fingerprint density at radius 3 is 2.68 bits per heavy atom. The number of hydrogen-bond donors (Lipinski definition) is 0.